The second kappa shape index (κ2) is 6.13. The van der Waals surface area contributed by atoms with Gasteiger partial charge in [-0.05, 0) is 37.1 Å². The Morgan fingerprint density at radius 3 is 2.80 bits per heavy atom. The zero-order valence-electron chi connectivity index (χ0n) is 11.5. The van der Waals surface area contributed by atoms with Crippen LogP contribution in [0.4, 0.5) is 8.78 Å². The number of rotatable bonds is 2. The van der Waals surface area contributed by atoms with Crippen LogP contribution in [0, 0.1) is 5.82 Å². The lowest BCUT2D eigenvalue weighted by atomic mass is 10.1. The number of halogens is 2. The predicted molar refractivity (Wildman–Crippen MR) is 71.2 cm³/mol. The van der Waals surface area contributed by atoms with Gasteiger partial charge in [0, 0.05) is 6.54 Å². The van der Waals surface area contributed by atoms with Gasteiger partial charge in [-0.2, -0.15) is 0 Å². The minimum Gasteiger partial charge on any atom is -0.370 e. The molecular formula is C15H17F2NO2. The number of hydrogen-bond acceptors (Lipinski definition) is 2. The van der Waals surface area contributed by atoms with Crippen LogP contribution in [0.2, 0.25) is 0 Å². The quantitative estimate of drug-likeness (QED) is 0.780. The van der Waals surface area contributed by atoms with Gasteiger partial charge in [0.1, 0.15) is 11.9 Å². The summed E-state index contributed by atoms with van der Waals surface area (Å²) in [6.07, 6.45) is -0.423. The molecule has 1 aliphatic heterocycles. The van der Waals surface area contributed by atoms with Crippen molar-refractivity contribution in [3.8, 4) is 0 Å². The largest absolute Gasteiger partial charge is 0.370 e. The molecule has 108 valence electrons. The third-order valence-corrected chi connectivity index (χ3v) is 3.20. The van der Waals surface area contributed by atoms with Crippen LogP contribution >= 0.6 is 0 Å². The highest BCUT2D eigenvalue weighted by Gasteiger charge is 2.27. The van der Waals surface area contributed by atoms with Crippen LogP contribution < -0.4 is 0 Å². The van der Waals surface area contributed by atoms with E-state index in [1.165, 1.54) is 17.0 Å². The highest BCUT2D eigenvalue weighted by molar-refractivity contribution is 5.91. The monoisotopic (exact) mass is 281 g/mol. The number of ether oxygens (including phenoxy) is 1. The first kappa shape index (κ1) is 14.7. The van der Waals surface area contributed by atoms with Crippen LogP contribution in [0.1, 0.15) is 25.5 Å². The summed E-state index contributed by atoms with van der Waals surface area (Å²) in [6.45, 7) is 3.98. The Kier molecular flexibility index (Phi) is 4.49. The molecule has 1 heterocycles. The molecule has 1 aromatic rings. The molecule has 1 atom stereocenters. The molecule has 3 nitrogen and oxygen atoms in total. The molecule has 0 bridgehead atoms. The SMILES string of the molecule is CC(C)=C(F)C(=O)N1CCO[C@@H](c2cccc(F)c2)C1. The number of benzene rings is 1. The molecule has 0 spiro atoms. The molecule has 1 aromatic carbocycles. The number of carbonyl (C=O) groups excluding carboxylic acids is 1. The summed E-state index contributed by atoms with van der Waals surface area (Å²) in [5, 5.41) is 0. The van der Waals surface area contributed by atoms with E-state index in [4.69, 9.17) is 4.74 Å². The summed E-state index contributed by atoms with van der Waals surface area (Å²) >= 11 is 0. The van der Waals surface area contributed by atoms with E-state index in [-0.39, 0.29) is 12.4 Å². The van der Waals surface area contributed by atoms with Gasteiger partial charge in [-0.15, -0.1) is 0 Å². The van der Waals surface area contributed by atoms with Crippen molar-refractivity contribution < 1.29 is 18.3 Å². The van der Waals surface area contributed by atoms with Gasteiger partial charge < -0.3 is 9.64 Å². The zero-order valence-corrected chi connectivity index (χ0v) is 11.5. The van der Waals surface area contributed by atoms with Crippen molar-refractivity contribution in [2.24, 2.45) is 0 Å². The Bertz CT molecular complexity index is 538. The molecule has 1 amide bonds. The molecule has 0 aliphatic carbocycles. The fourth-order valence-corrected chi connectivity index (χ4v) is 2.09. The summed E-state index contributed by atoms with van der Waals surface area (Å²) < 4.78 is 32.4. The second-order valence-electron chi connectivity index (χ2n) is 4.98. The first-order chi connectivity index (χ1) is 9.49. The molecule has 0 saturated carbocycles. The highest BCUT2D eigenvalue weighted by Crippen LogP contribution is 2.24. The Labute approximate surface area is 116 Å². The number of allylic oxidation sites excluding steroid dienone is 1. The summed E-state index contributed by atoms with van der Waals surface area (Å²) in [5.41, 5.74) is 1.00. The Hall–Kier alpha value is -1.75. The molecule has 1 saturated heterocycles. The van der Waals surface area contributed by atoms with Gasteiger partial charge in [0.2, 0.25) is 0 Å². The number of hydrogen-bond donors (Lipinski definition) is 0. The number of amides is 1. The normalized spacial score (nSPS) is 18.8. The van der Waals surface area contributed by atoms with Crippen LogP contribution in [-0.2, 0) is 9.53 Å². The first-order valence-electron chi connectivity index (χ1n) is 6.48. The molecule has 0 unspecified atom stereocenters. The second-order valence-corrected chi connectivity index (χ2v) is 4.98. The maximum Gasteiger partial charge on any atom is 0.282 e. The molecule has 0 radical (unpaired) electrons. The predicted octanol–water partition coefficient (Wildman–Crippen LogP) is 2.99. The van der Waals surface area contributed by atoms with Gasteiger partial charge in [0.05, 0.1) is 13.2 Å². The van der Waals surface area contributed by atoms with E-state index in [0.717, 1.165) is 0 Å². The van der Waals surface area contributed by atoms with Crippen LogP contribution in [0.3, 0.4) is 0 Å². The Morgan fingerprint density at radius 2 is 2.15 bits per heavy atom. The molecule has 2 rings (SSSR count). The molecule has 0 aromatic heterocycles. The van der Waals surface area contributed by atoms with Crippen molar-refractivity contribution in [3.05, 3.63) is 47.0 Å². The number of nitrogens with zero attached hydrogens (tertiary/aromatic N) is 1. The topological polar surface area (TPSA) is 29.5 Å². The summed E-state index contributed by atoms with van der Waals surface area (Å²) in [7, 11) is 0. The fourth-order valence-electron chi connectivity index (χ4n) is 2.09. The van der Waals surface area contributed by atoms with Crippen LogP contribution in [0.25, 0.3) is 0 Å². The van der Waals surface area contributed by atoms with E-state index in [2.05, 4.69) is 0 Å². The van der Waals surface area contributed by atoms with E-state index >= 15 is 0 Å². The average Bonchev–Trinajstić information content (AvgIpc) is 2.45. The van der Waals surface area contributed by atoms with Crippen molar-refractivity contribution >= 4 is 5.91 Å². The Morgan fingerprint density at radius 1 is 1.40 bits per heavy atom. The third kappa shape index (κ3) is 3.22. The molecule has 1 fully saturated rings. The van der Waals surface area contributed by atoms with E-state index in [9.17, 15) is 13.6 Å². The van der Waals surface area contributed by atoms with E-state index < -0.39 is 17.8 Å². The maximum atomic E-state index is 13.7. The standard InChI is InChI=1S/C15H17F2NO2/c1-10(2)14(17)15(19)18-6-7-20-13(9-18)11-4-3-5-12(16)8-11/h3-5,8,13H,6-7,9H2,1-2H3/t13-/m1/s1. The van der Waals surface area contributed by atoms with E-state index in [0.29, 0.717) is 24.3 Å². The van der Waals surface area contributed by atoms with E-state index in [1.807, 2.05) is 0 Å². The number of carbonyl (C=O) groups is 1. The van der Waals surface area contributed by atoms with Crippen molar-refractivity contribution in [2.75, 3.05) is 19.7 Å². The van der Waals surface area contributed by atoms with Crippen molar-refractivity contribution in [1.29, 1.82) is 0 Å². The third-order valence-electron chi connectivity index (χ3n) is 3.20. The van der Waals surface area contributed by atoms with Gasteiger partial charge in [0.15, 0.2) is 5.83 Å². The summed E-state index contributed by atoms with van der Waals surface area (Å²) in [6, 6.07) is 6.04. The average molecular weight is 281 g/mol. The van der Waals surface area contributed by atoms with Crippen molar-refractivity contribution in [1.82, 2.24) is 4.90 Å². The lowest BCUT2D eigenvalue weighted by Gasteiger charge is -2.33. The van der Waals surface area contributed by atoms with Crippen LogP contribution in [0.15, 0.2) is 35.7 Å². The first-order valence-corrected chi connectivity index (χ1v) is 6.48. The minimum absolute atomic E-state index is 0.225. The Balaban J connectivity index is 2.13. The fraction of sp³-hybridized carbons (Fsp3) is 0.400. The van der Waals surface area contributed by atoms with Crippen molar-refractivity contribution in [3.63, 3.8) is 0 Å². The molecule has 0 N–H and O–H groups in total. The highest BCUT2D eigenvalue weighted by atomic mass is 19.1. The summed E-state index contributed by atoms with van der Waals surface area (Å²) in [4.78, 5) is 13.4. The molecule has 20 heavy (non-hydrogen) atoms. The van der Waals surface area contributed by atoms with Gasteiger partial charge in [-0.25, -0.2) is 8.78 Å². The van der Waals surface area contributed by atoms with Gasteiger partial charge in [-0.3, -0.25) is 4.79 Å². The summed E-state index contributed by atoms with van der Waals surface area (Å²) in [5.74, 6) is -1.72. The molecular weight excluding hydrogens is 264 g/mol. The minimum atomic E-state index is -0.732. The lowest BCUT2D eigenvalue weighted by Crippen LogP contribution is -2.42. The van der Waals surface area contributed by atoms with Crippen molar-refractivity contribution in [2.45, 2.75) is 20.0 Å². The van der Waals surface area contributed by atoms with Gasteiger partial charge in [0.25, 0.3) is 5.91 Å². The zero-order chi connectivity index (χ0) is 14.7. The van der Waals surface area contributed by atoms with Gasteiger partial charge >= 0.3 is 0 Å². The molecule has 1 aliphatic rings. The smallest absolute Gasteiger partial charge is 0.282 e. The van der Waals surface area contributed by atoms with E-state index in [1.54, 1.807) is 26.0 Å². The lowest BCUT2D eigenvalue weighted by molar-refractivity contribution is -0.136. The molecule has 5 heteroatoms. The maximum absolute atomic E-state index is 13.7. The number of morpholine rings is 1. The van der Waals surface area contributed by atoms with Crippen LogP contribution in [0.5, 0.6) is 0 Å². The van der Waals surface area contributed by atoms with Gasteiger partial charge in [-0.1, -0.05) is 12.1 Å². The van der Waals surface area contributed by atoms with Crippen LogP contribution in [-0.4, -0.2) is 30.5 Å².